The third-order valence-corrected chi connectivity index (χ3v) is 6.25. The number of ether oxygens (including phenoxy) is 5. The summed E-state index contributed by atoms with van der Waals surface area (Å²) >= 11 is 0. The van der Waals surface area contributed by atoms with Crippen LogP contribution in [0.15, 0.2) is 79.0 Å². The van der Waals surface area contributed by atoms with Crippen LogP contribution in [0.5, 0.6) is 28.7 Å². The molecule has 8 nitrogen and oxygen atoms in total. The van der Waals surface area contributed by atoms with Gasteiger partial charge in [-0.25, -0.2) is 0 Å². The van der Waals surface area contributed by atoms with Gasteiger partial charge in [0.25, 0.3) is 0 Å². The molecule has 0 saturated carbocycles. The third-order valence-electron chi connectivity index (χ3n) is 6.25. The van der Waals surface area contributed by atoms with Crippen LogP contribution >= 0.6 is 0 Å². The van der Waals surface area contributed by atoms with Crippen molar-refractivity contribution in [1.29, 1.82) is 0 Å². The molecule has 0 atom stereocenters. The van der Waals surface area contributed by atoms with E-state index in [0.717, 1.165) is 53.1 Å². The van der Waals surface area contributed by atoms with Crippen LogP contribution in [-0.2, 0) is 11.3 Å². The average molecular weight is 546 g/mol. The lowest BCUT2D eigenvalue weighted by molar-refractivity contribution is 0.146. The summed E-state index contributed by atoms with van der Waals surface area (Å²) in [5.74, 6) is 3.79. The van der Waals surface area contributed by atoms with Crippen molar-refractivity contribution in [1.82, 2.24) is 15.1 Å². The van der Waals surface area contributed by atoms with Gasteiger partial charge in [0.05, 0.1) is 18.5 Å². The fraction of sp³-hybridized carbons (Fsp3) is 0.344. The van der Waals surface area contributed by atoms with Crippen LogP contribution in [0.25, 0.3) is 11.3 Å². The second-order valence-electron chi connectivity index (χ2n) is 9.47. The fourth-order valence-electron chi connectivity index (χ4n) is 4.10. The summed E-state index contributed by atoms with van der Waals surface area (Å²) in [7, 11) is 3.80. The van der Waals surface area contributed by atoms with Crippen molar-refractivity contribution in [2.45, 2.75) is 26.3 Å². The van der Waals surface area contributed by atoms with Crippen molar-refractivity contribution in [2.75, 3.05) is 47.1 Å². The van der Waals surface area contributed by atoms with Crippen molar-refractivity contribution in [3.05, 3.63) is 84.6 Å². The molecule has 0 aliphatic carbocycles. The molecule has 0 bridgehead atoms. The third kappa shape index (κ3) is 9.03. The lowest BCUT2D eigenvalue weighted by Gasteiger charge is -2.16. The van der Waals surface area contributed by atoms with Gasteiger partial charge in [0.2, 0.25) is 0 Å². The first-order valence-corrected chi connectivity index (χ1v) is 13.7. The number of unbranched alkanes of at least 4 members (excludes halogenated alkanes) is 1. The molecule has 1 aromatic heterocycles. The minimum atomic E-state index is 0.432. The van der Waals surface area contributed by atoms with E-state index in [4.69, 9.17) is 23.7 Å². The normalized spacial score (nSPS) is 11.0. The van der Waals surface area contributed by atoms with E-state index in [1.807, 2.05) is 66.9 Å². The van der Waals surface area contributed by atoms with E-state index in [0.29, 0.717) is 26.4 Å². The Morgan fingerprint density at radius 1 is 0.700 bits per heavy atom. The van der Waals surface area contributed by atoms with E-state index in [2.05, 4.69) is 41.2 Å². The van der Waals surface area contributed by atoms with Crippen LogP contribution in [0.2, 0.25) is 0 Å². The maximum atomic E-state index is 5.91. The van der Waals surface area contributed by atoms with Crippen LogP contribution in [0.4, 0.5) is 0 Å². The van der Waals surface area contributed by atoms with E-state index >= 15 is 0 Å². The van der Waals surface area contributed by atoms with Crippen LogP contribution in [0, 0.1) is 0 Å². The Labute approximate surface area is 236 Å². The maximum Gasteiger partial charge on any atom is 0.127 e. The standard InChI is InChI=1S/C32H39N3O5/c1-4-5-18-35(2)24-26-23-33-34-32(26)25-6-8-27(9-7-25)38-21-22-39-29-12-16-31(17-13-29)40-30-14-10-28(11-15-30)37-20-19-36-3/h6-17,23H,4-5,18-22,24H2,1-3H3,(H,33,34). The zero-order valence-electron chi connectivity index (χ0n) is 23.6. The molecule has 212 valence electrons. The number of hydrogen-bond acceptors (Lipinski definition) is 7. The number of benzene rings is 3. The minimum Gasteiger partial charge on any atom is -0.491 e. The molecule has 0 unspecified atom stereocenters. The maximum absolute atomic E-state index is 5.91. The summed E-state index contributed by atoms with van der Waals surface area (Å²) in [6.45, 7) is 6.10. The molecule has 8 heteroatoms. The lowest BCUT2D eigenvalue weighted by atomic mass is 10.1. The van der Waals surface area contributed by atoms with E-state index in [-0.39, 0.29) is 0 Å². The lowest BCUT2D eigenvalue weighted by Crippen LogP contribution is -2.19. The first-order valence-electron chi connectivity index (χ1n) is 13.7. The smallest absolute Gasteiger partial charge is 0.127 e. The average Bonchev–Trinajstić information content (AvgIpc) is 3.44. The molecular weight excluding hydrogens is 506 g/mol. The molecular formula is C32H39N3O5. The molecule has 1 heterocycles. The molecule has 3 aromatic carbocycles. The number of nitrogens with one attached hydrogen (secondary N) is 1. The summed E-state index contributed by atoms with van der Waals surface area (Å²) in [4.78, 5) is 2.33. The Balaban J connectivity index is 1.18. The molecule has 4 aromatic rings. The molecule has 0 spiro atoms. The van der Waals surface area contributed by atoms with Gasteiger partial charge in [-0.3, -0.25) is 5.10 Å². The van der Waals surface area contributed by atoms with E-state index in [1.165, 1.54) is 18.4 Å². The van der Waals surface area contributed by atoms with E-state index in [9.17, 15) is 0 Å². The fourth-order valence-corrected chi connectivity index (χ4v) is 4.10. The number of H-pyrrole nitrogens is 1. The summed E-state index contributed by atoms with van der Waals surface area (Å²) in [6, 6.07) is 23.1. The molecule has 0 saturated heterocycles. The molecule has 40 heavy (non-hydrogen) atoms. The van der Waals surface area contributed by atoms with Crippen molar-refractivity contribution >= 4 is 0 Å². The molecule has 0 fully saturated rings. The van der Waals surface area contributed by atoms with Gasteiger partial charge in [0.15, 0.2) is 0 Å². The first-order chi connectivity index (χ1) is 19.6. The van der Waals surface area contributed by atoms with Crippen molar-refractivity contribution < 1.29 is 23.7 Å². The van der Waals surface area contributed by atoms with Gasteiger partial charge >= 0.3 is 0 Å². The number of hydrogen-bond donors (Lipinski definition) is 1. The highest BCUT2D eigenvalue weighted by Crippen LogP contribution is 2.27. The number of rotatable bonds is 17. The second kappa shape index (κ2) is 15.5. The predicted octanol–water partition coefficient (Wildman–Crippen LogP) is 6.58. The van der Waals surface area contributed by atoms with Gasteiger partial charge in [0.1, 0.15) is 48.6 Å². The first kappa shape index (κ1) is 29.0. The zero-order chi connectivity index (χ0) is 28.0. The molecule has 1 N–H and O–H groups in total. The zero-order valence-corrected chi connectivity index (χ0v) is 23.6. The van der Waals surface area contributed by atoms with Gasteiger partial charge in [-0.1, -0.05) is 13.3 Å². The number of aromatic nitrogens is 2. The van der Waals surface area contributed by atoms with Crippen LogP contribution in [-0.4, -0.2) is 62.2 Å². The molecule has 0 amide bonds. The number of methoxy groups -OCH3 is 1. The highest BCUT2D eigenvalue weighted by atomic mass is 16.5. The predicted molar refractivity (Wildman–Crippen MR) is 157 cm³/mol. The molecule has 4 rings (SSSR count). The second-order valence-corrected chi connectivity index (χ2v) is 9.47. The number of aromatic amines is 1. The van der Waals surface area contributed by atoms with Gasteiger partial charge in [-0.2, -0.15) is 5.10 Å². The highest BCUT2D eigenvalue weighted by Gasteiger charge is 2.10. The largest absolute Gasteiger partial charge is 0.491 e. The topological polar surface area (TPSA) is 78.1 Å². The Kier molecular flexibility index (Phi) is 11.3. The van der Waals surface area contributed by atoms with Gasteiger partial charge in [-0.05, 0) is 92.8 Å². The Morgan fingerprint density at radius 2 is 1.20 bits per heavy atom. The Bertz CT molecular complexity index is 1260. The van der Waals surface area contributed by atoms with E-state index < -0.39 is 0 Å². The summed E-state index contributed by atoms with van der Waals surface area (Å²) < 4.78 is 28.2. The molecule has 0 aliphatic heterocycles. The SMILES string of the molecule is CCCCN(C)Cc1cn[nH]c1-c1ccc(OCCOc2ccc(Oc3ccc(OCCOC)cc3)cc2)cc1. The monoisotopic (exact) mass is 545 g/mol. The Hall–Kier alpha value is -4.01. The number of nitrogens with zero attached hydrogens (tertiary/aromatic N) is 2. The van der Waals surface area contributed by atoms with Gasteiger partial charge < -0.3 is 28.6 Å². The van der Waals surface area contributed by atoms with Crippen LogP contribution < -0.4 is 18.9 Å². The Morgan fingerprint density at radius 3 is 1.73 bits per heavy atom. The van der Waals surface area contributed by atoms with E-state index in [1.54, 1.807) is 7.11 Å². The van der Waals surface area contributed by atoms with Crippen molar-refractivity contribution in [3.63, 3.8) is 0 Å². The van der Waals surface area contributed by atoms with Crippen LogP contribution in [0.3, 0.4) is 0 Å². The molecule has 0 aliphatic rings. The van der Waals surface area contributed by atoms with Crippen LogP contribution in [0.1, 0.15) is 25.3 Å². The highest BCUT2D eigenvalue weighted by molar-refractivity contribution is 5.63. The summed E-state index contributed by atoms with van der Waals surface area (Å²) in [5.41, 5.74) is 3.33. The summed E-state index contributed by atoms with van der Waals surface area (Å²) in [5, 5.41) is 7.42. The van der Waals surface area contributed by atoms with Gasteiger partial charge in [0, 0.05) is 24.8 Å². The summed E-state index contributed by atoms with van der Waals surface area (Å²) in [6.07, 6.45) is 4.30. The molecule has 0 radical (unpaired) electrons. The van der Waals surface area contributed by atoms with Crippen molar-refractivity contribution in [3.8, 4) is 40.0 Å². The quantitative estimate of drug-likeness (QED) is 0.150. The minimum absolute atomic E-state index is 0.432. The van der Waals surface area contributed by atoms with Crippen molar-refractivity contribution in [2.24, 2.45) is 0 Å². The van der Waals surface area contributed by atoms with Gasteiger partial charge in [-0.15, -0.1) is 0 Å².